The maximum atomic E-state index is 13.2. The number of aliphatic hydroxyl groups excluding tert-OH is 2. The van der Waals surface area contributed by atoms with Gasteiger partial charge in [0.25, 0.3) is 0 Å². The Labute approximate surface area is 233 Å². The molecule has 0 heterocycles. The lowest BCUT2D eigenvalue weighted by molar-refractivity contribution is -0.131. The predicted octanol–water partition coefficient (Wildman–Crippen LogP) is 4.48. The Morgan fingerprint density at radius 3 is 2.31 bits per heavy atom. The average Bonchev–Trinajstić information content (AvgIpc) is 2.83. The van der Waals surface area contributed by atoms with E-state index in [-0.39, 0.29) is 68.1 Å². The highest BCUT2D eigenvalue weighted by Crippen LogP contribution is 2.41. The first-order chi connectivity index (χ1) is 17.9. The van der Waals surface area contributed by atoms with E-state index in [1.807, 2.05) is 30.3 Å². The molecule has 2 aromatic rings. The molecule has 0 amide bonds. The van der Waals surface area contributed by atoms with Crippen molar-refractivity contribution in [3.05, 3.63) is 47.5 Å². The summed E-state index contributed by atoms with van der Waals surface area (Å²) in [7, 11) is 0. The van der Waals surface area contributed by atoms with Crippen molar-refractivity contribution in [2.24, 2.45) is 23.2 Å². The highest BCUT2D eigenvalue weighted by atomic mass is 16.3. The van der Waals surface area contributed by atoms with Crippen LogP contribution in [0.3, 0.4) is 0 Å². The van der Waals surface area contributed by atoms with Crippen LogP contribution < -0.4 is 5.32 Å². The van der Waals surface area contributed by atoms with Gasteiger partial charge in [-0.05, 0) is 78.3 Å². The Hall–Kier alpha value is -3.07. The van der Waals surface area contributed by atoms with Crippen LogP contribution in [-0.2, 0) is 16.0 Å². The van der Waals surface area contributed by atoms with Crippen LogP contribution in [0, 0.1) is 23.2 Å². The number of Topliss-reactive ketones (excluding diaryl/α,β-unsaturated/α-hetero) is 3. The predicted molar refractivity (Wildman–Crippen MR) is 156 cm³/mol. The number of carbonyl (C=O) groups excluding carboxylic acids is 3. The first kappa shape index (κ1) is 32.1. The molecule has 3 rings (SSSR count). The fourth-order valence-corrected chi connectivity index (χ4v) is 5.42. The Morgan fingerprint density at radius 1 is 1.08 bits per heavy atom. The summed E-state index contributed by atoms with van der Waals surface area (Å²) in [6, 6.07) is 11.4. The van der Waals surface area contributed by atoms with Gasteiger partial charge in [-0.2, -0.15) is 0 Å². The number of fused-ring (bicyclic) bond motifs is 1. The molecule has 0 radical (unpaired) electrons. The molecule has 0 bridgehead atoms. The fourth-order valence-electron chi connectivity index (χ4n) is 5.42. The molecule has 3 unspecified atom stereocenters. The zero-order chi connectivity index (χ0) is 28.0. The topological polar surface area (TPSA) is 155 Å². The molecule has 6 N–H and O–H groups in total. The quantitative estimate of drug-likeness (QED) is 0.287. The molecular weight excluding hydrogens is 498 g/mol. The van der Waals surface area contributed by atoms with Gasteiger partial charge in [0.2, 0.25) is 0 Å². The van der Waals surface area contributed by atoms with Crippen molar-refractivity contribution in [1.82, 2.24) is 0 Å². The number of hydrogen-bond acceptors (Lipinski definition) is 7. The maximum Gasteiger partial charge on any atom is 0.167 e. The van der Waals surface area contributed by atoms with Gasteiger partial charge in [-0.15, -0.1) is 0 Å². The number of anilines is 1. The van der Waals surface area contributed by atoms with Crippen LogP contribution in [0.25, 0.3) is 11.1 Å². The van der Waals surface area contributed by atoms with Crippen molar-refractivity contribution in [2.75, 3.05) is 25.1 Å². The zero-order valence-corrected chi connectivity index (χ0v) is 23.4. The van der Waals surface area contributed by atoms with Crippen LogP contribution in [0.2, 0.25) is 0 Å². The third kappa shape index (κ3) is 8.46. The molecule has 1 aliphatic carbocycles. The molecular formula is C31H47NO7. The van der Waals surface area contributed by atoms with Crippen molar-refractivity contribution in [3.63, 3.8) is 0 Å². The molecule has 0 saturated carbocycles. The molecule has 0 spiro atoms. The molecule has 0 fully saturated rings. The van der Waals surface area contributed by atoms with E-state index in [9.17, 15) is 29.7 Å². The van der Waals surface area contributed by atoms with Gasteiger partial charge in [-0.1, -0.05) is 39.0 Å². The number of phenols is 1. The SMILES string of the molecule is CC(=O)CC(=O)C(CO)C(CCO)CC1CC(=O)c2c(O)ccc(-c3ccc(NCC(C)(C)C)cc3)c2C1.O.[HH].[HH]. The van der Waals surface area contributed by atoms with Gasteiger partial charge in [0.15, 0.2) is 5.78 Å². The van der Waals surface area contributed by atoms with Crippen LogP contribution in [0.4, 0.5) is 5.69 Å². The Morgan fingerprint density at radius 2 is 1.74 bits per heavy atom. The van der Waals surface area contributed by atoms with Crippen LogP contribution in [-0.4, -0.2) is 57.9 Å². The summed E-state index contributed by atoms with van der Waals surface area (Å²) in [5.41, 5.74) is 4.08. The summed E-state index contributed by atoms with van der Waals surface area (Å²) < 4.78 is 0. The van der Waals surface area contributed by atoms with Gasteiger partial charge in [-0.3, -0.25) is 14.4 Å². The molecule has 0 aromatic heterocycles. The second kappa shape index (κ2) is 13.8. The molecule has 218 valence electrons. The summed E-state index contributed by atoms with van der Waals surface area (Å²) in [5, 5.41) is 33.6. The zero-order valence-electron chi connectivity index (χ0n) is 23.4. The van der Waals surface area contributed by atoms with E-state index in [0.29, 0.717) is 24.8 Å². The van der Waals surface area contributed by atoms with Crippen molar-refractivity contribution in [2.45, 2.75) is 59.8 Å². The number of aromatic hydroxyl groups is 1. The van der Waals surface area contributed by atoms with Crippen LogP contribution in [0.5, 0.6) is 5.75 Å². The number of carbonyl (C=O) groups is 3. The summed E-state index contributed by atoms with van der Waals surface area (Å²) >= 11 is 0. The smallest absolute Gasteiger partial charge is 0.167 e. The van der Waals surface area contributed by atoms with Gasteiger partial charge >= 0.3 is 0 Å². The number of hydrogen-bond donors (Lipinski definition) is 4. The lowest BCUT2D eigenvalue weighted by atomic mass is 9.72. The van der Waals surface area contributed by atoms with Crippen LogP contribution in [0.1, 0.15) is 72.2 Å². The number of benzene rings is 2. The molecule has 2 aromatic carbocycles. The Kier molecular flexibility index (Phi) is 11.4. The minimum absolute atomic E-state index is 0. The summed E-state index contributed by atoms with van der Waals surface area (Å²) in [6.07, 6.45) is 1.22. The van der Waals surface area contributed by atoms with E-state index in [1.165, 1.54) is 6.92 Å². The molecule has 1 aliphatic rings. The normalized spacial score (nSPS) is 16.6. The van der Waals surface area contributed by atoms with Gasteiger partial charge in [0.1, 0.15) is 17.3 Å². The maximum absolute atomic E-state index is 13.2. The minimum Gasteiger partial charge on any atom is -0.507 e. The average molecular weight is 546 g/mol. The first-order valence-electron chi connectivity index (χ1n) is 13.4. The van der Waals surface area contributed by atoms with Crippen molar-refractivity contribution in [1.29, 1.82) is 0 Å². The first-order valence-corrected chi connectivity index (χ1v) is 13.4. The largest absolute Gasteiger partial charge is 0.507 e. The Balaban J connectivity index is 0.00000533. The summed E-state index contributed by atoms with van der Waals surface area (Å²) in [5.74, 6) is -2.04. The van der Waals surface area contributed by atoms with E-state index in [2.05, 4.69) is 26.1 Å². The number of phenolic OH excluding ortho intramolecular Hbond substituents is 1. The highest BCUT2D eigenvalue weighted by Gasteiger charge is 2.35. The second-order valence-corrected chi connectivity index (χ2v) is 11.8. The number of nitrogens with one attached hydrogen (secondary N) is 1. The standard InChI is InChI=1S/C31H41NO6.H2O.2H2/c1-19(35)13-28(37)26(17-34)22(11-12-33)14-20-15-25-24(9-10-27(36)30(25)29(38)16-20)21-5-7-23(8-6-21)32-18-31(2,3)4;;;/h5-10,20,22,26,32-34,36H,11-18H2,1-4H3;1H2;2*1H. The lowest BCUT2D eigenvalue weighted by Gasteiger charge is -2.31. The van der Waals surface area contributed by atoms with Crippen molar-refractivity contribution >= 4 is 23.0 Å². The molecule has 8 heteroatoms. The minimum atomic E-state index is -0.765. The molecule has 3 atom stereocenters. The van der Waals surface area contributed by atoms with Crippen LogP contribution >= 0.6 is 0 Å². The summed E-state index contributed by atoms with van der Waals surface area (Å²) in [4.78, 5) is 37.4. The Bertz CT molecular complexity index is 1160. The van der Waals surface area contributed by atoms with E-state index in [1.54, 1.807) is 6.07 Å². The number of rotatable bonds is 12. The van der Waals surface area contributed by atoms with Gasteiger partial charge in [0.05, 0.1) is 18.6 Å². The third-order valence-corrected chi connectivity index (χ3v) is 7.29. The highest BCUT2D eigenvalue weighted by molar-refractivity contribution is 6.03. The second-order valence-electron chi connectivity index (χ2n) is 11.8. The van der Waals surface area contributed by atoms with E-state index >= 15 is 0 Å². The number of ketones is 3. The van der Waals surface area contributed by atoms with Gasteiger partial charge in [0, 0.05) is 34.0 Å². The lowest BCUT2D eigenvalue weighted by Crippen LogP contribution is -2.32. The van der Waals surface area contributed by atoms with Gasteiger partial charge in [-0.25, -0.2) is 0 Å². The van der Waals surface area contributed by atoms with Crippen LogP contribution in [0.15, 0.2) is 36.4 Å². The van der Waals surface area contributed by atoms with E-state index in [0.717, 1.165) is 28.9 Å². The molecule has 8 nitrogen and oxygen atoms in total. The van der Waals surface area contributed by atoms with Crippen molar-refractivity contribution < 1.29 is 38.0 Å². The fraction of sp³-hybridized carbons (Fsp3) is 0.516. The molecule has 0 aliphatic heterocycles. The third-order valence-electron chi connectivity index (χ3n) is 7.29. The molecule has 0 saturated heterocycles. The molecule has 39 heavy (non-hydrogen) atoms. The van der Waals surface area contributed by atoms with E-state index < -0.39 is 12.5 Å². The van der Waals surface area contributed by atoms with Crippen molar-refractivity contribution in [3.8, 4) is 16.9 Å². The van der Waals surface area contributed by atoms with E-state index in [4.69, 9.17) is 0 Å². The van der Waals surface area contributed by atoms with Gasteiger partial charge < -0.3 is 26.1 Å². The monoisotopic (exact) mass is 545 g/mol. The summed E-state index contributed by atoms with van der Waals surface area (Å²) in [6.45, 7) is 8.09. The number of aliphatic hydroxyl groups is 2.